The summed E-state index contributed by atoms with van der Waals surface area (Å²) in [6.45, 7) is 0. The minimum absolute atomic E-state index is 0. The molecule has 0 saturated heterocycles. The molecule has 0 unspecified atom stereocenters. The molecule has 226 valence electrons. The van der Waals surface area contributed by atoms with Gasteiger partial charge in [0.25, 0.3) is 0 Å². The van der Waals surface area contributed by atoms with Crippen LogP contribution in [-0.2, 0) is 0 Å². The first-order valence-corrected chi connectivity index (χ1v) is 16.1. The molecular formula is C44H29N4Na. The molecule has 0 spiro atoms. The number of hydrogen-bond acceptors (Lipinski definition) is 4. The summed E-state index contributed by atoms with van der Waals surface area (Å²) in [5.41, 5.74) is 15.3. The molecule has 0 amide bonds. The molecule has 4 aromatic rings. The summed E-state index contributed by atoms with van der Waals surface area (Å²) < 4.78 is 0. The van der Waals surface area contributed by atoms with E-state index < -0.39 is 0 Å². The first kappa shape index (κ1) is 30.8. The molecule has 0 atom stereocenters. The first-order valence-electron chi connectivity index (χ1n) is 16.1. The van der Waals surface area contributed by atoms with Gasteiger partial charge in [0.1, 0.15) is 0 Å². The standard InChI is InChI=1S/C44H28N4.Na.H/c1-5-13-29(14-6-1)38-27-37-26-35-22-21-33(45-35)25-34-23-24-36(46-34)28-39-40(30-15-7-2-8-16-30)41(31-17-9-3-10-18-31)44(48-39)42(43(38)47-37)32-19-11-4-12-20-32;;/h1-28H;;. The predicted octanol–water partition coefficient (Wildman–Crippen LogP) is 9.04. The monoisotopic (exact) mass is 636 g/mol. The number of aliphatic imine (C=N–C) groups is 4. The van der Waals surface area contributed by atoms with E-state index in [1.54, 1.807) is 0 Å². The van der Waals surface area contributed by atoms with Crippen LogP contribution < -0.4 is 0 Å². The van der Waals surface area contributed by atoms with Crippen LogP contribution >= 0.6 is 0 Å². The van der Waals surface area contributed by atoms with Crippen LogP contribution in [0.25, 0.3) is 22.3 Å². The summed E-state index contributed by atoms with van der Waals surface area (Å²) in [4.78, 5) is 20.8. The van der Waals surface area contributed by atoms with E-state index in [1.165, 1.54) is 0 Å². The molecular weight excluding hydrogens is 608 g/mol. The molecule has 0 saturated carbocycles. The summed E-state index contributed by atoms with van der Waals surface area (Å²) in [7, 11) is 0. The Kier molecular flexibility index (Phi) is 8.28. The van der Waals surface area contributed by atoms with Crippen LogP contribution in [0.1, 0.15) is 22.3 Å². The average Bonchev–Trinajstić information content (AvgIpc) is 3.94. The van der Waals surface area contributed by atoms with Crippen molar-refractivity contribution in [3.63, 3.8) is 0 Å². The van der Waals surface area contributed by atoms with E-state index in [2.05, 4.69) is 133 Å². The van der Waals surface area contributed by atoms with Crippen LogP contribution in [0.3, 0.4) is 0 Å². The normalized spacial score (nSPS) is 17.5. The van der Waals surface area contributed by atoms with Crippen LogP contribution in [0.2, 0.25) is 0 Å². The van der Waals surface area contributed by atoms with Crippen LogP contribution in [0.5, 0.6) is 0 Å². The molecule has 0 fully saturated rings. The molecule has 0 N–H and O–H groups in total. The third-order valence-electron chi connectivity index (χ3n) is 8.75. The van der Waals surface area contributed by atoms with Gasteiger partial charge in [-0.2, -0.15) is 0 Å². The van der Waals surface area contributed by atoms with Crippen LogP contribution in [0.15, 0.2) is 213 Å². The van der Waals surface area contributed by atoms with E-state index in [0.29, 0.717) is 0 Å². The van der Waals surface area contributed by atoms with Gasteiger partial charge in [-0.05, 0) is 70.9 Å². The molecule has 0 radical (unpaired) electrons. The Labute approximate surface area is 307 Å². The Morgan fingerprint density at radius 1 is 0.347 bits per heavy atom. The Hall–Kier alpha value is -5.52. The molecule has 49 heavy (non-hydrogen) atoms. The maximum atomic E-state index is 5.56. The van der Waals surface area contributed by atoms with Gasteiger partial charge in [0.05, 0.1) is 45.6 Å². The predicted molar refractivity (Wildman–Crippen MR) is 207 cm³/mol. The summed E-state index contributed by atoms with van der Waals surface area (Å²) in [6, 6.07) is 42.1. The number of rotatable bonds is 4. The minimum atomic E-state index is 0. The van der Waals surface area contributed by atoms with Crippen LogP contribution in [-0.4, -0.2) is 52.4 Å². The number of allylic oxidation sites excluding steroid dienone is 12. The second kappa shape index (κ2) is 13.2. The number of hydrogen-bond donors (Lipinski definition) is 0. The second-order valence-electron chi connectivity index (χ2n) is 11.9. The van der Waals surface area contributed by atoms with Gasteiger partial charge in [-0.1, -0.05) is 121 Å². The molecule has 5 aliphatic rings. The maximum absolute atomic E-state index is 5.56. The Bertz CT molecular complexity index is 2380. The zero-order valence-electron chi connectivity index (χ0n) is 26.0. The van der Waals surface area contributed by atoms with Crippen molar-refractivity contribution in [1.29, 1.82) is 0 Å². The molecule has 9 rings (SSSR count). The van der Waals surface area contributed by atoms with Crippen molar-refractivity contribution in [2.75, 3.05) is 0 Å². The van der Waals surface area contributed by atoms with Gasteiger partial charge in [0.15, 0.2) is 0 Å². The SMILES string of the molecule is C1=CC2=NC1=CC1=NC(=C(c3ccccc3)C3=NC(=CC4=NC(=C2)C=C4)C=C3c2ccccc2)C(c2ccccc2)=C1c1ccccc1.[NaH]. The van der Waals surface area contributed by atoms with Gasteiger partial charge in [-0.25, -0.2) is 20.0 Å². The Balaban J connectivity index is 0.00000348. The van der Waals surface area contributed by atoms with Crippen molar-refractivity contribution in [2.45, 2.75) is 0 Å². The fraction of sp³-hybridized carbons (Fsp3) is 0. The summed E-state index contributed by atoms with van der Waals surface area (Å²) in [6.07, 6.45) is 16.5. The molecule has 4 aromatic carbocycles. The number of benzene rings is 4. The zero-order valence-corrected chi connectivity index (χ0v) is 26.0. The van der Waals surface area contributed by atoms with Gasteiger partial charge in [0.2, 0.25) is 0 Å². The van der Waals surface area contributed by atoms with Crippen molar-refractivity contribution < 1.29 is 0 Å². The zero-order chi connectivity index (χ0) is 31.9. The van der Waals surface area contributed by atoms with Crippen molar-refractivity contribution in [3.05, 3.63) is 215 Å². The molecule has 5 heteroatoms. The van der Waals surface area contributed by atoms with E-state index in [1.807, 2.05) is 36.4 Å². The molecule has 4 nitrogen and oxygen atoms in total. The van der Waals surface area contributed by atoms with Crippen molar-refractivity contribution in [1.82, 2.24) is 0 Å². The summed E-state index contributed by atoms with van der Waals surface area (Å²) in [5, 5.41) is 0. The quantitative estimate of drug-likeness (QED) is 0.201. The molecule has 5 heterocycles. The van der Waals surface area contributed by atoms with Crippen LogP contribution in [0.4, 0.5) is 0 Å². The number of fused-ring (bicyclic) bond motifs is 4. The first-order chi connectivity index (χ1) is 23.8. The Morgan fingerprint density at radius 3 is 1.39 bits per heavy atom. The van der Waals surface area contributed by atoms with E-state index in [0.717, 1.165) is 90.2 Å². The van der Waals surface area contributed by atoms with Crippen molar-refractivity contribution in [3.8, 4) is 0 Å². The van der Waals surface area contributed by atoms with Gasteiger partial charge in [-0.15, -0.1) is 0 Å². The molecule has 0 aliphatic carbocycles. The molecule has 0 aromatic heterocycles. The fourth-order valence-electron chi connectivity index (χ4n) is 6.63. The molecule has 8 bridgehead atoms. The van der Waals surface area contributed by atoms with Crippen molar-refractivity contribution in [2.24, 2.45) is 20.0 Å². The van der Waals surface area contributed by atoms with Gasteiger partial charge in [0, 0.05) is 22.3 Å². The van der Waals surface area contributed by atoms with Gasteiger partial charge in [-0.3, -0.25) is 0 Å². The van der Waals surface area contributed by atoms with E-state index in [9.17, 15) is 0 Å². The summed E-state index contributed by atoms with van der Waals surface area (Å²) >= 11 is 0. The summed E-state index contributed by atoms with van der Waals surface area (Å²) in [5.74, 6) is 0. The average molecular weight is 637 g/mol. The Morgan fingerprint density at radius 2 is 0.816 bits per heavy atom. The third-order valence-corrected chi connectivity index (χ3v) is 8.75. The topological polar surface area (TPSA) is 49.4 Å². The second-order valence-corrected chi connectivity index (χ2v) is 11.9. The van der Waals surface area contributed by atoms with E-state index in [-0.39, 0.29) is 29.6 Å². The van der Waals surface area contributed by atoms with Crippen molar-refractivity contribution >= 4 is 74.7 Å². The van der Waals surface area contributed by atoms with Gasteiger partial charge >= 0.3 is 29.6 Å². The number of nitrogens with zero attached hydrogens (tertiary/aromatic N) is 4. The van der Waals surface area contributed by atoms with Crippen LogP contribution in [0, 0.1) is 0 Å². The fourth-order valence-corrected chi connectivity index (χ4v) is 6.63. The van der Waals surface area contributed by atoms with E-state index >= 15 is 0 Å². The van der Waals surface area contributed by atoms with Gasteiger partial charge < -0.3 is 0 Å². The molecule has 5 aliphatic heterocycles. The van der Waals surface area contributed by atoms with E-state index in [4.69, 9.17) is 20.0 Å². The third kappa shape index (κ3) is 5.92.